The van der Waals surface area contributed by atoms with E-state index in [1.807, 2.05) is 0 Å². The number of sulfonamides is 1. The summed E-state index contributed by atoms with van der Waals surface area (Å²) in [4.78, 5) is 12.0. The summed E-state index contributed by atoms with van der Waals surface area (Å²) in [5.41, 5.74) is 0.729. The first kappa shape index (κ1) is 15.0. The van der Waals surface area contributed by atoms with Gasteiger partial charge in [0.15, 0.2) is 0 Å². The van der Waals surface area contributed by atoms with Gasteiger partial charge in [-0.15, -0.1) is 0 Å². The Morgan fingerprint density at radius 3 is 2.90 bits per heavy atom. The average Bonchev–Trinajstić information content (AvgIpc) is 2.99. The summed E-state index contributed by atoms with van der Waals surface area (Å²) in [6.45, 7) is 0.903. The summed E-state index contributed by atoms with van der Waals surface area (Å²) in [6, 6.07) is 6.47. The molecular formula is C13H18N2O4S. The van der Waals surface area contributed by atoms with Gasteiger partial charge >= 0.3 is 0 Å². The normalized spacial score (nSPS) is 18.9. The van der Waals surface area contributed by atoms with Gasteiger partial charge in [-0.05, 0) is 37.6 Å². The molecule has 1 saturated heterocycles. The van der Waals surface area contributed by atoms with Crippen molar-refractivity contribution in [3.63, 3.8) is 0 Å². The van der Waals surface area contributed by atoms with Crippen molar-refractivity contribution in [1.29, 1.82) is 0 Å². The van der Waals surface area contributed by atoms with Crippen LogP contribution >= 0.6 is 0 Å². The number of rotatable bonds is 5. The fraction of sp³-hybridized carbons (Fsp3) is 0.462. The lowest BCUT2D eigenvalue weighted by Crippen LogP contribution is -2.33. The molecule has 2 N–H and O–H groups in total. The van der Waals surface area contributed by atoms with E-state index < -0.39 is 10.0 Å². The molecule has 1 unspecified atom stereocenters. The van der Waals surface area contributed by atoms with Crippen LogP contribution < -0.4 is 10.0 Å². The van der Waals surface area contributed by atoms with Crippen LogP contribution in [0.3, 0.4) is 0 Å². The molecule has 1 heterocycles. The lowest BCUT2D eigenvalue weighted by molar-refractivity contribution is -0.130. The molecule has 1 atom stereocenters. The van der Waals surface area contributed by atoms with Crippen molar-refractivity contribution >= 4 is 15.9 Å². The molecule has 2 rings (SSSR count). The third kappa shape index (κ3) is 3.56. The maximum Gasteiger partial charge on any atom is 0.249 e. The predicted octanol–water partition coefficient (Wildman–Crippen LogP) is 0.390. The van der Waals surface area contributed by atoms with Gasteiger partial charge in [-0.3, -0.25) is 4.79 Å². The van der Waals surface area contributed by atoms with Crippen molar-refractivity contribution < 1.29 is 17.9 Å². The van der Waals surface area contributed by atoms with Crippen LogP contribution in [0.2, 0.25) is 0 Å². The molecule has 1 amide bonds. The van der Waals surface area contributed by atoms with E-state index in [0.717, 1.165) is 18.4 Å². The maximum atomic E-state index is 11.8. The van der Waals surface area contributed by atoms with Crippen LogP contribution in [0.25, 0.3) is 0 Å². The summed E-state index contributed by atoms with van der Waals surface area (Å²) in [5, 5.41) is 2.76. The van der Waals surface area contributed by atoms with Crippen LogP contribution in [0.4, 0.5) is 0 Å². The van der Waals surface area contributed by atoms with Gasteiger partial charge in [-0.2, -0.15) is 0 Å². The quantitative estimate of drug-likeness (QED) is 0.823. The monoisotopic (exact) mass is 298 g/mol. The molecule has 7 heteroatoms. The van der Waals surface area contributed by atoms with Crippen LogP contribution in [0.15, 0.2) is 29.2 Å². The molecule has 0 spiro atoms. The summed E-state index contributed by atoms with van der Waals surface area (Å²) in [5.74, 6) is -0.149. The maximum absolute atomic E-state index is 11.8. The summed E-state index contributed by atoms with van der Waals surface area (Å²) in [7, 11) is -2.10. The number of carbonyl (C=O) groups is 1. The molecule has 1 aliphatic heterocycles. The Kier molecular flexibility index (Phi) is 4.74. The topological polar surface area (TPSA) is 84.5 Å². The molecule has 1 aliphatic rings. The van der Waals surface area contributed by atoms with Crippen molar-refractivity contribution in [2.45, 2.75) is 30.4 Å². The molecule has 0 aromatic heterocycles. The number of ether oxygens (including phenoxy) is 1. The largest absolute Gasteiger partial charge is 0.368 e. The Balaban J connectivity index is 2.00. The molecule has 0 aliphatic carbocycles. The van der Waals surface area contributed by atoms with E-state index in [0.29, 0.717) is 6.61 Å². The van der Waals surface area contributed by atoms with Crippen molar-refractivity contribution in [2.24, 2.45) is 0 Å². The number of hydrogen-bond donors (Lipinski definition) is 2. The molecule has 0 bridgehead atoms. The minimum atomic E-state index is -3.46. The van der Waals surface area contributed by atoms with Crippen molar-refractivity contribution in [2.75, 3.05) is 13.7 Å². The highest BCUT2D eigenvalue weighted by Crippen LogP contribution is 2.13. The molecule has 1 aromatic carbocycles. The van der Waals surface area contributed by atoms with Gasteiger partial charge in [0.1, 0.15) is 6.10 Å². The first-order valence-electron chi connectivity index (χ1n) is 6.45. The summed E-state index contributed by atoms with van der Waals surface area (Å²) < 4.78 is 30.9. The van der Waals surface area contributed by atoms with Gasteiger partial charge in [-0.25, -0.2) is 13.1 Å². The van der Waals surface area contributed by atoms with Crippen LogP contribution in [0.1, 0.15) is 18.4 Å². The number of benzene rings is 1. The van der Waals surface area contributed by atoms with E-state index in [1.54, 1.807) is 18.2 Å². The smallest absolute Gasteiger partial charge is 0.249 e. The average molecular weight is 298 g/mol. The zero-order valence-electron chi connectivity index (χ0n) is 11.3. The fourth-order valence-electron chi connectivity index (χ4n) is 2.03. The minimum absolute atomic E-state index is 0.149. The molecule has 1 aromatic rings. The lowest BCUT2D eigenvalue weighted by Gasteiger charge is -2.11. The molecule has 1 fully saturated rings. The van der Waals surface area contributed by atoms with E-state index in [-0.39, 0.29) is 23.5 Å². The Morgan fingerprint density at radius 2 is 2.25 bits per heavy atom. The Hall–Kier alpha value is -1.44. The minimum Gasteiger partial charge on any atom is -0.368 e. The van der Waals surface area contributed by atoms with Crippen LogP contribution in [-0.4, -0.2) is 34.1 Å². The Labute approximate surface area is 118 Å². The first-order valence-corrected chi connectivity index (χ1v) is 7.93. The van der Waals surface area contributed by atoms with Crippen LogP contribution in [0.5, 0.6) is 0 Å². The van der Waals surface area contributed by atoms with E-state index in [9.17, 15) is 13.2 Å². The van der Waals surface area contributed by atoms with Gasteiger partial charge in [0, 0.05) is 13.2 Å². The zero-order valence-corrected chi connectivity index (χ0v) is 12.1. The van der Waals surface area contributed by atoms with E-state index >= 15 is 0 Å². The third-order valence-corrected chi connectivity index (χ3v) is 4.58. The van der Waals surface area contributed by atoms with E-state index in [2.05, 4.69) is 10.0 Å². The second kappa shape index (κ2) is 6.34. The summed E-state index contributed by atoms with van der Waals surface area (Å²) >= 11 is 0. The second-order valence-electron chi connectivity index (χ2n) is 4.57. The molecule has 110 valence electrons. The Morgan fingerprint density at radius 1 is 1.45 bits per heavy atom. The van der Waals surface area contributed by atoms with Crippen molar-refractivity contribution in [1.82, 2.24) is 10.0 Å². The molecule has 20 heavy (non-hydrogen) atoms. The van der Waals surface area contributed by atoms with E-state index in [1.165, 1.54) is 13.1 Å². The highest BCUT2D eigenvalue weighted by atomic mass is 32.2. The van der Waals surface area contributed by atoms with Gasteiger partial charge < -0.3 is 10.1 Å². The van der Waals surface area contributed by atoms with Gasteiger partial charge in [0.2, 0.25) is 15.9 Å². The number of amides is 1. The van der Waals surface area contributed by atoms with Gasteiger partial charge in [-0.1, -0.05) is 12.1 Å². The number of hydrogen-bond acceptors (Lipinski definition) is 4. The van der Waals surface area contributed by atoms with Gasteiger partial charge in [0.05, 0.1) is 4.90 Å². The Bertz CT molecular complexity index is 580. The fourth-order valence-corrected chi connectivity index (χ4v) is 2.83. The lowest BCUT2D eigenvalue weighted by atomic mass is 10.2. The standard InChI is InChI=1S/C13H18N2O4S/c1-14-20(17,18)11-5-2-4-10(8-11)9-15-13(16)12-6-3-7-19-12/h2,4-5,8,12,14H,3,6-7,9H2,1H3,(H,15,16). The highest BCUT2D eigenvalue weighted by molar-refractivity contribution is 7.89. The second-order valence-corrected chi connectivity index (χ2v) is 6.46. The molecular weight excluding hydrogens is 280 g/mol. The van der Waals surface area contributed by atoms with Crippen molar-refractivity contribution in [3.05, 3.63) is 29.8 Å². The van der Waals surface area contributed by atoms with Crippen molar-refractivity contribution in [3.8, 4) is 0 Å². The number of carbonyl (C=O) groups excluding carboxylic acids is 1. The van der Waals surface area contributed by atoms with Crippen LogP contribution in [-0.2, 0) is 26.1 Å². The zero-order chi connectivity index (χ0) is 14.6. The predicted molar refractivity (Wildman–Crippen MR) is 73.5 cm³/mol. The summed E-state index contributed by atoms with van der Waals surface area (Å²) in [6.07, 6.45) is 1.26. The van der Waals surface area contributed by atoms with E-state index in [4.69, 9.17) is 4.74 Å². The SMILES string of the molecule is CNS(=O)(=O)c1cccc(CNC(=O)C2CCCO2)c1. The van der Waals surface area contributed by atoms with Crippen LogP contribution in [0, 0.1) is 0 Å². The van der Waals surface area contributed by atoms with Gasteiger partial charge in [0.25, 0.3) is 0 Å². The first-order chi connectivity index (χ1) is 9.53. The molecule has 0 saturated carbocycles. The third-order valence-electron chi connectivity index (χ3n) is 3.17. The molecule has 6 nitrogen and oxygen atoms in total. The molecule has 0 radical (unpaired) electrons. The number of nitrogens with one attached hydrogen (secondary N) is 2. The highest BCUT2D eigenvalue weighted by Gasteiger charge is 2.23.